The standard InChI is InChI=1S/C25H33N5O3/c1-16(2)13-20-23(25(20,5)6)24(31)28-11-9-27(10-12-28)19-7-8-21(30(32)33)22(15-19)29-18(4)14-17(3)26-29/h7-8,13-15,20,23H,9-12H2,1-6H3/t20-,23+/m1/s1. The van der Waals surface area contributed by atoms with Gasteiger partial charge in [0.15, 0.2) is 0 Å². The van der Waals surface area contributed by atoms with Crippen molar-refractivity contribution in [1.29, 1.82) is 0 Å². The highest BCUT2D eigenvalue weighted by molar-refractivity contribution is 5.84. The number of carbonyl (C=O) groups is 1. The number of benzene rings is 1. The molecule has 1 aromatic carbocycles. The van der Waals surface area contributed by atoms with E-state index in [1.807, 2.05) is 30.9 Å². The zero-order valence-electron chi connectivity index (χ0n) is 20.3. The highest BCUT2D eigenvalue weighted by Gasteiger charge is 2.61. The third-order valence-electron chi connectivity index (χ3n) is 7.04. The summed E-state index contributed by atoms with van der Waals surface area (Å²) in [6.07, 6.45) is 2.23. The number of piperazine rings is 1. The maximum Gasteiger partial charge on any atom is 0.295 e. The molecular formula is C25H33N5O3. The van der Waals surface area contributed by atoms with Gasteiger partial charge in [-0.05, 0) is 57.2 Å². The second-order valence-electron chi connectivity index (χ2n) is 10.2. The lowest BCUT2D eigenvalue weighted by molar-refractivity contribution is -0.384. The van der Waals surface area contributed by atoms with Gasteiger partial charge in [-0.15, -0.1) is 0 Å². The molecule has 2 atom stereocenters. The van der Waals surface area contributed by atoms with Crippen LogP contribution in [-0.4, -0.2) is 51.7 Å². The van der Waals surface area contributed by atoms with E-state index in [0.29, 0.717) is 37.8 Å². The van der Waals surface area contributed by atoms with E-state index in [-0.39, 0.29) is 27.9 Å². The van der Waals surface area contributed by atoms with Crippen molar-refractivity contribution in [3.8, 4) is 5.69 Å². The molecule has 0 N–H and O–H groups in total. The molecule has 2 aromatic rings. The minimum absolute atomic E-state index is 0.0124. The van der Waals surface area contributed by atoms with Gasteiger partial charge in [-0.1, -0.05) is 25.5 Å². The Balaban J connectivity index is 1.50. The molecule has 8 heteroatoms. The summed E-state index contributed by atoms with van der Waals surface area (Å²) in [6, 6.07) is 7.08. The lowest BCUT2D eigenvalue weighted by Crippen LogP contribution is -2.49. The summed E-state index contributed by atoms with van der Waals surface area (Å²) in [6.45, 7) is 15.0. The Labute approximate surface area is 195 Å². The SMILES string of the molecule is CC(C)=C[C@@H]1[C@@H](C(=O)N2CCN(c3ccc([N+](=O)[O-])c(-n4nc(C)cc4C)c3)CC2)C1(C)C. The summed E-state index contributed by atoms with van der Waals surface area (Å²) in [5.74, 6) is 0.608. The largest absolute Gasteiger partial charge is 0.368 e. The lowest BCUT2D eigenvalue weighted by Gasteiger charge is -2.36. The van der Waals surface area contributed by atoms with Gasteiger partial charge in [-0.25, -0.2) is 4.68 Å². The van der Waals surface area contributed by atoms with Gasteiger partial charge in [0.2, 0.25) is 5.91 Å². The van der Waals surface area contributed by atoms with E-state index < -0.39 is 0 Å². The van der Waals surface area contributed by atoms with Crippen LogP contribution >= 0.6 is 0 Å². The van der Waals surface area contributed by atoms with Crippen LogP contribution in [0.15, 0.2) is 35.9 Å². The number of aromatic nitrogens is 2. The molecular weight excluding hydrogens is 418 g/mol. The number of nitro benzene ring substituents is 1. The number of amides is 1. The summed E-state index contributed by atoms with van der Waals surface area (Å²) in [5.41, 5.74) is 4.33. The maximum absolute atomic E-state index is 13.2. The van der Waals surface area contributed by atoms with Crippen LogP contribution in [0.25, 0.3) is 5.69 Å². The van der Waals surface area contributed by atoms with Crippen molar-refractivity contribution in [2.24, 2.45) is 17.3 Å². The number of nitrogens with zero attached hydrogens (tertiary/aromatic N) is 5. The van der Waals surface area contributed by atoms with E-state index in [1.165, 1.54) is 5.57 Å². The second-order valence-corrected chi connectivity index (χ2v) is 10.2. The summed E-state index contributed by atoms with van der Waals surface area (Å²) in [5, 5.41) is 16.1. The predicted octanol–water partition coefficient (Wildman–Crippen LogP) is 4.28. The first kappa shape index (κ1) is 23.0. The summed E-state index contributed by atoms with van der Waals surface area (Å²) in [7, 11) is 0. The molecule has 1 amide bonds. The highest BCUT2D eigenvalue weighted by atomic mass is 16.6. The van der Waals surface area contributed by atoms with E-state index in [2.05, 4.69) is 43.8 Å². The first-order valence-corrected chi connectivity index (χ1v) is 11.5. The summed E-state index contributed by atoms with van der Waals surface area (Å²) >= 11 is 0. The Morgan fingerprint density at radius 3 is 2.36 bits per heavy atom. The normalized spacial score (nSPS) is 21.6. The Bertz CT molecular complexity index is 1120. The smallest absolute Gasteiger partial charge is 0.295 e. The minimum atomic E-state index is -0.369. The van der Waals surface area contributed by atoms with Crippen LogP contribution in [0, 0.1) is 41.2 Å². The van der Waals surface area contributed by atoms with Gasteiger partial charge in [0.05, 0.1) is 16.5 Å². The van der Waals surface area contributed by atoms with Gasteiger partial charge in [0, 0.05) is 43.6 Å². The van der Waals surface area contributed by atoms with Crippen molar-refractivity contribution in [1.82, 2.24) is 14.7 Å². The molecule has 1 aromatic heterocycles. The molecule has 2 fully saturated rings. The Morgan fingerprint density at radius 1 is 1.15 bits per heavy atom. The fourth-order valence-corrected chi connectivity index (χ4v) is 5.11. The first-order valence-electron chi connectivity index (χ1n) is 11.5. The second kappa shape index (κ2) is 8.32. The van der Waals surface area contributed by atoms with Gasteiger partial charge < -0.3 is 9.80 Å². The number of rotatable bonds is 5. The summed E-state index contributed by atoms with van der Waals surface area (Å²) < 4.78 is 1.63. The average Bonchev–Trinajstić information content (AvgIpc) is 3.10. The number of hydrogen-bond donors (Lipinski definition) is 0. The third kappa shape index (κ3) is 4.26. The van der Waals surface area contributed by atoms with Crippen LogP contribution in [0.3, 0.4) is 0 Å². The molecule has 0 radical (unpaired) electrons. The van der Waals surface area contributed by atoms with E-state index in [0.717, 1.165) is 17.1 Å². The van der Waals surface area contributed by atoms with Crippen LogP contribution in [-0.2, 0) is 4.79 Å². The fourth-order valence-electron chi connectivity index (χ4n) is 5.11. The van der Waals surface area contributed by atoms with Crippen molar-refractivity contribution < 1.29 is 9.72 Å². The maximum atomic E-state index is 13.2. The average molecular weight is 452 g/mol. The van der Waals surface area contributed by atoms with Gasteiger partial charge in [0.25, 0.3) is 5.69 Å². The van der Waals surface area contributed by atoms with E-state index in [4.69, 9.17) is 0 Å². The molecule has 1 saturated heterocycles. The molecule has 0 bridgehead atoms. The van der Waals surface area contributed by atoms with Crippen molar-refractivity contribution in [2.75, 3.05) is 31.1 Å². The van der Waals surface area contributed by atoms with Gasteiger partial charge >= 0.3 is 0 Å². The van der Waals surface area contributed by atoms with E-state index in [1.54, 1.807) is 16.8 Å². The third-order valence-corrected chi connectivity index (χ3v) is 7.04. The molecule has 1 aliphatic heterocycles. The van der Waals surface area contributed by atoms with Gasteiger partial charge in [-0.2, -0.15) is 5.10 Å². The van der Waals surface area contributed by atoms with Crippen molar-refractivity contribution in [3.63, 3.8) is 0 Å². The van der Waals surface area contributed by atoms with Crippen LogP contribution < -0.4 is 4.90 Å². The van der Waals surface area contributed by atoms with Crippen LogP contribution in [0.5, 0.6) is 0 Å². The predicted molar refractivity (Wildman–Crippen MR) is 129 cm³/mol. The molecule has 33 heavy (non-hydrogen) atoms. The van der Waals surface area contributed by atoms with Gasteiger partial charge in [-0.3, -0.25) is 14.9 Å². The molecule has 2 aliphatic rings. The summed E-state index contributed by atoms with van der Waals surface area (Å²) in [4.78, 5) is 28.6. The number of nitro groups is 1. The number of carbonyl (C=O) groups excluding carboxylic acids is 1. The van der Waals surface area contributed by atoms with Crippen molar-refractivity contribution in [2.45, 2.75) is 41.5 Å². The monoisotopic (exact) mass is 451 g/mol. The Hall–Kier alpha value is -3.16. The zero-order valence-corrected chi connectivity index (χ0v) is 20.3. The Morgan fingerprint density at radius 2 is 1.82 bits per heavy atom. The quantitative estimate of drug-likeness (QED) is 0.385. The van der Waals surface area contributed by atoms with Crippen molar-refractivity contribution in [3.05, 3.63) is 57.4 Å². The van der Waals surface area contributed by atoms with Crippen LogP contribution in [0.4, 0.5) is 11.4 Å². The van der Waals surface area contributed by atoms with E-state index >= 15 is 0 Å². The number of hydrogen-bond acceptors (Lipinski definition) is 5. The molecule has 0 unspecified atom stereocenters. The molecule has 0 spiro atoms. The highest BCUT2D eigenvalue weighted by Crippen LogP contribution is 2.60. The molecule has 8 nitrogen and oxygen atoms in total. The minimum Gasteiger partial charge on any atom is -0.368 e. The van der Waals surface area contributed by atoms with E-state index in [9.17, 15) is 14.9 Å². The first-order chi connectivity index (χ1) is 15.5. The number of aryl methyl sites for hydroxylation is 2. The molecule has 176 valence electrons. The van der Waals surface area contributed by atoms with Crippen LogP contribution in [0.2, 0.25) is 0 Å². The van der Waals surface area contributed by atoms with Crippen LogP contribution in [0.1, 0.15) is 39.1 Å². The number of allylic oxidation sites excluding steroid dienone is 2. The molecule has 1 aliphatic carbocycles. The molecule has 1 saturated carbocycles. The van der Waals surface area contributed by atoms with Gasteiger partial charge in [0.1, 0.15) is 5.69 Å². The molecule has 4 rings (SSSR count). The van der Waals surface area contributed by atoms with Crippen molar-refractivity contribution >= 4 is 17.3 Å². The lowest BCUT2D eigenvalue weighted by atomic mass is 10.1. The molecule has 2 heterocycles. The number of anilines is 1. The fraction of sp³-hybridized carbons (Fsp3) is 0.520. The topological polar surface area (TPSA) is 84.5 Å². The Kier molecular flexibility index (Phi) is 5.80. The zero-order chi connectivity index (χ0) is 24.1.